The van der Waals surface area contributed by atoms with Crippen LogP contribution < -0.4 is 11.1 Å². The number of nitrogens with two attached hydrogens (primary N) is 1. The lowest BCUT2D eigenvalue weighted by Crippen LogP contribution is -2.32. The minimum atomic E-state index is -0.500. The van der Waals surface area contributed by atoms with Crippen LogP contribution in [0.15, 0.2) is 24.3 Å². The molecule has 3 heteroatoms. The second kappa shape index (κ2) is 4.05. The van der Waals surface area contributed by atoms with Crippen molar-refractivity contribution in [1.82, 2.24) is 0 Å². The van der Waals surface area contributed by atoms with E-state index in [1.54, 1.807) is 13.0 Å². The maximum absolute atomic E-state index is 11.2. The second-order valence-electron chi connectivity index (χ2n) is 2.94. The maximum Gasteiger partial charge on any atom is 0.241 e. The van der Waals surface area contributed by atoms with Gasteiger partial charge >= 0.3 is 0 Å². The zero-order valence-electron chi connectivity index (χ0n) is 7.58. The highest BCUT2D eigenvalue weighted by Gasteiger charge is 2.07. The number of amides is 1. The monoisotopic (exact) mass is 177 g/mol. The molecule has 0 aliphatic heterocycles. The maximum atomic E-state index is 11.2. The van der Waals surface area contributed by atoms with Crippen molar-refractivity contribution in [1.29, 1.82) is 0 Å². The van der Waals surface area contributed by atoms with E-state index in [2.05, 4.69) is 12.2 Å². The fourth-order valence-electron chi connectivity index (χ4n) is 0.889. The predicted octanol–water partition coefficient (Wildman–Crippen LogP) is 1.15. The van der Waals surface area contributed by atoms with Gasteiger partial charge < -0.3 is 11.1 Å². The van der Waals surface area contributed by atoms with Crippen LogP contribution >= 0.6 is 0 Å². The fraction of sp³-hybridized carbons (Fsp3) is 0.200. The van der Waals surface area contributed by atoms with Gasteiger partial charge in [-0.25, -0.2) is 0 Å². The highest BCUT2D eigenvalue weighted by molar-refractivity contribution is 5.95. The summed E-state index contributed by atoms with van der Waals surface area (Å²) in [5.74, 6) is -0.198. The Balaban J connectivity index is 2.75. The van der Waals surface area contributed by atoms with Gasteiger partial charge in [-0.05, 0) is 25.5 Å². The van der Waals surface area contributed by atoms with Crippen molar-refractivity contribution in [2.45, 2.75) is 13.0 Å². The Morgan fingerprint density at radius 1 is 1.54 bits per heavy atom. The zero-order valence-corrected chi connectivity index (χ0v) is 7.58. The van der Waals surface area contributed by atoms with Crippen molar-refractivity contribution >= 4 is 11.6 Å². The topological polar surface area (TPSA) is 55.1 Å². The molecule has 1 atom stereocenters. The molecule has 1 radical (unpaired) electrons. The van der Waals surface area contributed by atoms with Gasteiger partial charge in [0.2, 0.25) is 5.91 Å². The summed E-state index contributed by atoms with van der Waals surface area (Å²) >= 11 is 0. The molecule has 1 amide bonds. The van der Waals surface area contributed by atoms with Crippen LogP contribution in [0.3, 0.4) is 0 Å². The minimum absolute atomic E-state index is 0.198. The first-order valence-electron chi connectivity index (χ1n) is 4.08. The minimum Gasteiger partial charge on any atom is -0.324 e. The summed E-state index contributed by atoms with van der Waals surface area (Å²) in [5, 5.41) is 2.68. The molecule has 0 heterocycles. The number of rotatable bonds is 2. The molecule has 0 aromatic heterocycles. The molecule has 0 spiro atoms. The molecule has 3 N–H and O–H groups in total. The number of carbonyl (C=O) groups excluding carboxylic acids is 1. The number of carbonyl (C=O) groups is 1. The number of nitrogens with one attached hydrogen (secondary N) is 1. The predicted molar refractivity (Wildman–Crippen MR) is 53.2 cm³/mol. The average Bonchev–Trinajstić information content (AvgIpc) is 2.08. The van der Waals surface area contributed by atoms with Crippen molar-refractivity contribution in [2.24, 2.45) is 5.73 Å². The standard InChI is InChI=1S/C10H13N2O/c1-7-5-3-4-6-9(7)12-10(13)8(2)11/h3-6,8H,1,11H2,2H3,(H,12,13). The van der Waals surface area contributed by atoms with E-state index in [1.807, 2.05) is 18.2 Å². The molecule has 0 saturated carbocycles. The molecule has 1 aromatic carbocycles. The molecule has 0 saturated heterocycles. The van der Waals surface area contributed by atoms with Crippen LogP contribution in [-0.2, 0) is 4.79 Å². The van der Waals surface area contributed by atoms with Gasteiger partial charge in [0.1, 0.15) is 0 Å². The normalized spacial score (nSPS) is 12.2. The van der Waals surface area contributed by atoms with Gasteiger partial charge in [-0.2, -0.15) is 0 Å². The molecule has 0 fully saturated rings. The quantitative estimate of drug-likeness (QED) is 0.712. The molecule has 13 heavy (non-hydrogen) atoms. The van der Waals surface area contributed by atoms with Crippen LogP contribution in [0.2, 0.25) is 0 Å². The summed E-state index contributed by atoms with van der Waals surface area (Å²) in [4.78, 5) is 11.2. The van der Waals surface area contributed by atoms with Gasteiger partial charge in [-0.1, -0.05) is 18.2 Å². The van der Waals surface area contributed by atoms with Gasteiger partial charge in [0.25, 0.3) is 0 Å². The molecule has 3 nitrogen and oxygen atoms in total. The van der Waals surface area contributed by atoms with Gasteiger partial charge in [0, 0.05) is 5.69 Å². The third-order valence-corrected chi connectivity index (χ3v) is 1.69. The summed E-state index contributed by atoms with van der Waals surface area (Å²) < 4.78 is 0. The smallest absolute Gasteiger partial charge is 0.241 e. The molecular formula is C10H13N2O. The summed E-state index contributed by atoms with van der Waals surface area (Å²) in [5.41, 5.74) is 6.90. The van der Waals surface area contributed by atoms with Crippen molar-refractivity contribution in [3.63, 3.8) is 0 Å². The third-order valence-electron chi connectivity index (χ3n) is 1.69. The van der Waals surface area contributed by atoms with Crippen LogP contribution in [0.5, 0.6) is 0 Å². The van der Waals surface area contributed by atoms with E-state index >= 15 is 0 Å². The molecule has 69 valence electrons. The lowest BCUT2D eigenvalue weighted by molar-refractivity contribution is -0.117. The Labute approximate surface area is 77.9 Å². The molecule has 0 aliphatic rings. The molecule has 0 bridgehead atoms. The number of hydrogen-bond donors (Lipinski definition) is 2. The van der Waals surface area contributed by atoms with E-state index in [-0.39, 0.29) is 5.91 Å². The van der Waals surface area contributed by atoms with Gasteiger partial charge in [-0.15, -0.1) is 0 Å². The summed E-state index contributed by atoms with van der Waals surface area (Å²) in [7, 11) is 0. The van der Waals surface area contributed by atoms with Gasteiger partial charge in [0.05, 0.1) is 6.04 Å². The van der Waals surface area contributed by atoms with E-state index in [1.165, 1.54) is 0 Å². The highest BCUT2D eigenvalue weighted by atomic mass is 16.2. The highest BCUT2D eigenvalue weighted by Crippen LogP contribution is 2.12. The van der Waals surface area contributed by atoms with Crippen LogP contribution in [0, 0.1) is 6.92 Å². The number of benzene rings is 1. The van der Waals surface area contributed by atoms with E-state index in [0.717, 1.165) is 5.56 Å². The van der Waals surface area contributed by atoms with E-state index in [9.17, 15) is 4.79 Å². The Morgan fingerprint density at radius 3 is 2.69 bits per heavy atom. The van der Waals surface area contributed by atoms with Crippen LogP contribution in [0.4, 0.5) is 5.69 Å². The third kappa shape index (κ3) is 2.56. The van der Waals surface area contributed by atoms with Crippen LogP contribution in [-0.4, -0.2) is 11.9 Å². The lowest BCUT2D eigenvalue weighted by atomic mass is 10.2. The summed E-state index contributed by atoms with van der Waals surface area (Å²) in [6.45, 7) is 5.42. The summed E-state index contributed by atoms with van der Waals surface area (Å²) in [6, 6.07) is 6.83. The van der Waals surface area contributed by atoms with Gasteiger partial charge in [-0.3, -0.25) is 4.79 Å². The van der Waals surface area contributed by atoms with E-state index in [4.69, 9.17) is 5.73 Å². The van der Waals surface area contributed by atoms with Gasteiger partial charge in [0.15, 0.2) is 0 Å². The molecule has 0 aliphatic carbocycles. The van der Waals surface area contributed by atoms with Crippen molar-refractivity contribution in [3.8, 4) is 0 Å². The molecule has 1 aromatic rings. The molecular weight excluding hydrogens is 164 g/mol. The Bertz CT molecular complexity index is 308. The Hall–Kier alpha value is -1.35. The SMILES string of the molecule is [CH2]c1ccccc1NC(=O)C(C)N. The van der Waals surface area contributed by atoms with E-state index < -0.39 is 6.04 Å². The van der Waals surface area contributed by atoms with Crippen LogP contribution in [0.1, 0.15) is 12.5 Å². The lowest BCUT2D eigenvalue weighted by Gasteiger charge is -2.09. The molecule has 1 unspecified atom stereocenters. The first kappa shape index (κ1) is 9.74. The van der Waals surface area contributed by atoms with Crippen molar-refractivity contribution in [3.05, 3.63) is 36.8 Å². The average molecular weight is 177 g/mol. The van der Waals surface area contributed by atoms with Crippen LogP contribution in [0.25, 0.3) is 0 Å². The first-order chi connectivity index (χ1) is 6.11. The van der Waals surface area contributed by atoms with Crippen molar-refractivity contribution < 1.29 is 4.79 Å². The fourth-order valence-corrected chi connectivity index (χ4v) is 0.889. The number of hydrogen-bond acceptors (Lipinski definition) is 2. The Morgan fingerprint density at radius 2 is 2.15 bits per heavy atom. The zero-order chi connectivity index (χ0) is 9.84. The Kier molecular flexibility index (Phi) is 3.03. The largest absolute Gasteiger partial charge is 0.324 e. The number of para-hydroxylation sites is 1. The first-order valence-corrected chi connectivity index (χ1v) is 4.08. The summed E-state index contributed by atoms with van der Waals surface area (Å²) in [6.07, 6.45) is 0. The number of anilines is 1. The molecule has 1 rings (SSSR count). The van der Waals surface area contributed by atoms with Crippen molar-refractivity contribution in [2.75, 3.05) is 5.32 Å². The van der Waals surface area contributed by atoms with E-state index in [0.29, 0.717) is 5.69 Å². The second-order valence-corrected chi connectivity index (χ2v) is 2.94.